The van der Waals surface area contributed by atoms with Crippen LogP contribution in [0.4, 0.5) is 11.4 Å². The predicted octanol–water partition coefficient (Wildman–Crippen LogP) is 3.67. The number of thioether (sulfide) groups is 1. The second-order valence-corrected chi connectivity index (χ2v) is 6.73. The van der Waals surface area contributed by atoms with E-state index >= 15 is 0 Å². The van der Waals surface area contributed by atoms with E-state index in [-0.39, 0.29) is 11.6 Å². The molecule has 1 amide bonds. The van der Waals surface area contributed by atoms with Crippen LogP contribution < -0.4 is 9.64 Å². The van der Waals surface area contributed by atoms with Crippen molar-refractivity contribution >= 4 is 29.0 Å². The summed E-state index contributed by atoms with van der Waals surface area (Å²) in [7, 11) is 1.63. The standard InChI is InChI=1S/C18H18N2O4S/c1-24-15-6-9-17-13(11-15)3-2-10-19(17)18(21)12-25-16-7-4-14(5-8-16)20(22)23/h4-9,11H,2-3,10,12H2,1H3. The van der Waals surface area contributed by atoms with Crippen molar-refractivity contribution in [3.8, 4) is 5.75 Å². The minimum atomic E-state index is -0.432. The number of anilines is 1. The predicted molar refractivity (Wildman–Crippen MR) is 97.5 cm³/mol. The van der Waals surface area contributed by atoms with E-state index in [0.717, 1.165) is 34.7 Å². The van der Waals surface area contributed by atoms with E-state index in [1.165, 1.54) is 23.9 Å². The molecule has 0 saturated carbocycles. The van der Waals surface area contributed by atoms with Gasteiger partial charge < -0.3 is 9.64 Å². The first-order valence-corrected chi connectivity index (χ1v) is 8.91. The largest absolute Gasteiger partial charge is 0.497 e. The van der Waals surface area contributed by atoms with Crippen molar-refractivity contribution < 1.29 is 14.5 Å². The van der Waals surface area contributed by atoms with Crippen LogP contribution in [0.2, 0.25) is 0 Å². The first kappa shape index (κ1) is 17.3. The highest BCUT2D eigenvalue weighted by Gasteiger charge is 2.23. The third kappa shape index (κ3) is 3.93. The van der Waals surface area contributed by atoms with Gasteiger partial charge in [0.2, 0.25) is 5.91 Å². The number of nitro groups is 1. The molecule has 0 unspecified atom stereocenters. The van der Waals surface area contributed by atoms with E-state index in [9.17, 15) is 14.9 Å². The molecule has 3 rings (SSSR count). The van der Waals surface area contributed by atoms with Crippen molar-refractivity contribution in [1.29, 1.82) is 0 Å². The SMILES string of the molecule is COc1ccc2c(c1)CCCN2C(=O)CSc1ccc([N+](=O)[O-])cc1. The fourth-order valence-electron chi connectivity index (χ4n) is 2.85. The van der Waals surface area contributed by atoms with E-state index in [1.54, 1.807) is 19.2 Å². The van der Waals surface area contributed by atoms with Gasteiger partial charge in [0.15, 0.2) is 0 Å². The highest BCUT2D eigenvalue weighted by atomic mass is 32.2. The Morgan fingerprint density at radius 3 is 2.72 bits per heavy atom. The van der Waals surface area contributed by atoms with Gasteiger partial charge in [-0.3, -0.25) is 14.9 Å². The topological polar surface area (TPSA) is 72.7 Å². The van der Waals surface area contributed by atoms with Crippen molar-refractivity contribution in [2.24, 2.45) is 0 Å². The van der Waals surface area contributed by atoms with Crippen LogP contribution in [-0.4, -0.2) is 30.2 Å². The number of hydrogen-bond donors (Lipinski definition) is 0. The third-order valence-corrected chi connectivity index (χ3v) is 5.11. The van der Waals surface area contributed by atoms with Crippen molar-refractivity contribution in [2.75, 3.05) is 24.3 Å². The van der Waals surface area contributed by atoms with Gasteiger partial charge in [0.25, 0.3) is 5.69 Å². The molecule has 2 aromatic rings. The number of benzene rings is 2. The van der Waals surface area contributed by atoms with Crippen LogP contribution in [0.15, 0.2) is 47.4 Å². The van der Waals surface area contributed by atoms with Crippen LogP contribution in [-0.2, 0) is 11.2 Å². The van der Waals surface area contributed by atoms with Gasteiger partial charge >= 0.3 is 0 Å². The van der Waals surface area contributed by atoms with E-state index in [0.29, 0.717) is 12.3 Å². The van der Waals surface area contributed by atoms with E-state index in [2.05, 4.69) is 0 Å². The number of rotatable bonds is 5. The second-order valence-electron chi connectivity index (χ2n) is 5.68. The van der Waals surface area contributed by atoms with Gasteiger partial charge in [-0.1, -0.05) is 0 Å². The van der Waals surface area contributed by atoms with Gasteiger partial charge in [-0.15, -0.1) is 11.8 Å². The number of fused-ring (bicyclic) bond motifs is 1. The Labute approximate surface area is 149 Å². The molecule has 0 spiro atoms. The summed E-state index contributed by atoms with van der Waals surface area (Å²) in [6.45, 7) is 0.707. The maximum Gasteiger partial charge on any atom is 0.269 e. The average Bonchev–Trinajstić information content (AvgIpc) is 2.65. The lowest BCUT2D eigenvalue weighted by Crippen LogP contribution is -2.36. The highest BCUT2D eigenvalue weighted by Crippen LogP contribution is 2.31. The zero-order valence-corrected chi connectivity index (χ0v) is 14.6. The molecule has 0 bridgehead atoms. The molecular formula is C18H18N2O4S. The first-order valence-electron chi connectivity index (χ1n) is 7.93. The van der Waals surface area contributed by atoms with Gasteiger partial charge in [0.05, 0.1) is 17.8 Å². The van der Waals surface area contributed by atoms with Gasteiger partial charge in [-0.25, -0.2) is 0 Å². The first-order chi connectivity index (χ1) is 12.1. The molecule has 0 radical (unpaired) electrons. The molecule has 0 saturated heterocycles. The number of hydrogen-bond acceptors (Lipinski definition) is 5. The number of amides is 1. The summed E-state index contributed by atoms with van der Waals surface area (Å²) in [6, 6.07) is 12.0. The minimum absolute atomic E-state index is 0.0365. The van der Waals surface area contributed by atoms with Crippen LogP contribution in [0.25, 0.3) is 0 Å². The fourth-order valence-corrected chi connectivity index (χ4v) is 3.62. The molecule has 2 aromatic carbocycles. The summed E-state index contributed by atoms with van der Waals surface area (Å²) < 4.78 is 5.25. The van der Waals surface area contributed by atoms with Gasteiger partial charge in [-0.05, 0) is 48.7 Å². The summed E-state index contributed by atoms with van der Waals surface area (Å²) in [6.07, 6.45) is 1.86. The Bertz CT molecular complexity index is 792. The summed E-state index contributed by atoms with van der Waals surface area (Å²) in [5, 5.41) is 10.7. The van der Waals surface area contributed by atoms with Crippen LogP contribution in [0.1, 0.15) is 12.0 Å². The van der Waals surface area contributed by atoms with Gasteiger partial charge in [0.1, 0.15) is 5.75 Å². The summed E-state index contributed by atoms with van der Waals surface area (Å²) in [5.74, 6) is 1.13. The Morgan fingerprint density at radius 1 is 1.28 bits per heavy atom. The smallest absolute Gasteiger partial charge is 0.269 e. The average molecular weight is 358 g/mol. The number of carbonyl (C=O) groups excluding carboxylic acids is 1. The third-order valence-electron chi connectivity index (χ3n) is 4.12. The normalized spacial score (nSPS) is 13.2. The lowest BCUT2D eigenvalue weighted by atomic mass is 10.0. The van der Waals surface area contributed by atoms with E-state index < -0.39 is 4.92 Å². The molecule has 7 heteroatoms. The van der Waals surface area contributed by atoms with Crippen LogP contribution in [0.5, 0.6) is 5.75 Å². The second kappa shape index (κ2) is 7.57. The Kier molecular flexibility index (Phi) is 5.23. The molecule has 130 valence electrons. The van der Waals surface area contributed by atoms with Crippen LogP contribution in [0.3, 0.4) is 0 Å². The molecule has 25 heavy (non-hydrogen) atoms. The van der Waals surface area contributed by atoms with Crippen molar-refractivity contribution in [2.45, 2.75) is 17.7 Å². The Balaban J connectivity index is 1.67. The monoisotopic (exact) mass is 358 g/mol. The lowest BCUT2D eigenvalue weighted by Gasteiger charge is -2.29. The maximum atomic E-state index is 12.6. The van der Waals surface area contributed by atoms with Crippen molar-refractivity contribution in [3.05, 3.63) is 58.1 Å². The summed E-state index contributed by atoms with van der Waals surface area (Å²) in [5.41, 5.74) is 2.12. The fraction of sp³-hybridized carbons (Fsp3) is 0.278. The molecule has 1 aliphatic heterocycles. The van der Waals surface area contributed by atoms with E-state index in [1.807, 2.05) is 23.1 Å². The number of nitro benzene ring substituents is 1. The zero-order valence-electron chi connectivity index (χ0n) is 13.8. The van der Waals surface area contributed by atoms with Crippen LogP contribution >= 0.6 is 11.8 Å². The number of aryl methyl sites for hydroxylation is 1. The molecule has 0 N–H and O–H groups in total. The molecule has 0 fully saturated rings. The molecule has 0 aromatic heterocycles. The van der Waals surface area contributed by atoms with Gasteiger partial charge in [0, 0.05) is 29.3 Å². The molecule has 0 atom stereocenters. The lowest BCUT2D eigenvalue weighted by molar-refractivity contribution is -0.384. The minimum Gasteiger partial charge on any atom is -0.497 e. The molecule has 1 heterocycles. The van der Waals surface area contributed by atoms with Crippen LogP contribution in [0, 0.1) is 10.1 Å². The van der Waals surface area contributed by atoms with Gasteiger partial charge in [-0.2, -0.15) is 0 Å². The van der Waals surface area contributed by atoms with Crippen molar-refractivity contribution in [3.63, 3.8) is 0 Å². The number of nitrogens with zero attached hydrogens (tertiary/aromatic N) is 2. The maximum absolute atomic E-state index is 12.6. The summed E-state index contributed by atoms with van der Waals surface area (Å²) in [4.78, 5) is 25.5. The number of carbonyl (C=O) groups is 1. The number of methoxy groups -OCH3 is 1. The van der Waals surface area contributed by atoms with Crippen molar-refractivity contribution in [1.82, 2.24) is 0 Å². The summed E-state index contributed by atoms with van der Waals surface area (Å²) >= 11 is 1.39. The number of ether oxygens (including phenoxy) is 1. The quantitative estimate of drug-likeness (QED) is 0.463. The highest BCUT2D eigenvalue weighted by molar-refractivity contribution is 8.00. The number of non-ortho nitro benzene ring substituents is 1. The molecular weight excluding hydrogens is 340 g/mol. The van der Waals surface area contributed by atoms with E-state index in [4.69, 9.17) is 4.74 Å². The molecule has 0 aliphatic carbocycles. The Hall–Kier alpha value is -2.54. The molecule has 6 nitrogen and oxygen atoms in total. The zero-order chi connectivity index (χ0) is 17.8. The molecule has 1 aliphatic rings. The Morgan fingerprint density at radius 2 is 2.04 bits per heavy atom.